The Labute approximate surface area is 177 Å². The van der Waals surface area contributed by atoms with Crippen LogP contribution in [0, 0.1) is 27.9 Å². The average molecular weight is 431 g/mol. The van der Waals surface area contributed by atoms with Gasteiger partial charge in [0.05, 0.1) is 11.0 Å². The minimum atomic E-state index is -3.77. The van der Waals surface area contributed by atoms with Crippen molar-refractivity contribution in [2.24, 2.45) is 17.8 Å². The predicted octanol–water partition coefficient (Wildman–Crippen LogP) is 5.67. The molecule has 1 aliphatic rings. The second-order valence-electron chi connectivity index (χ2n) is 8.63. The number of rotatable bonds is 7. The maximum absolute atomic E-state index is 14.3. The molecule has 2 aromatic rings. The number of nitrogens with zero attached hydrogens (tertiary/aromatic N) is 1. The van der Waals surface area contributed by atoms with E-state index in [9.17, 15) is 19.8 Å². The number of hydrogen-bond donors (Lipinski definition) is 1. The molecule has 1 N–H and O–H groups in total. The summed E-state index contributed by atoms with van der Waals surface area (Å²) >= 11 is 0. The zero-order chi connectivity index (χ0) is 21.9. The zero-order valence-electron chi connectivity index (χ0n) is 17.7. The highest BCUT2D eigenvalue weighted by Gasteiger charge is 2.42. The molecule has 1 fully saturated rings. The summed E-state index contributed by atoms with van der Waals surface area (Å²) in [5, 5.41) is 22.8. The summed E-state index contributed by atoms with van der Waals surface area (Å²) in [6.45, 7) is 6.44. The molecule has 0 spiro atoms. The number of nitro groups is 1. The first-order valence-electron chi connectivity index (χ1n) is 10.5. The van der Waals surface area contributed by atoms with Crippen molar-refractivity contribution in [1.29, 1.82) is 0 Å². The Bertz CT molecular complexity index is 917. The molecule has 2 aromatic carbocycles. The van der Waals surface area contributed by atoms with Crippen LogP contribution in [0.3, 0.4) is 0 Å². The molecule has 0 bridgehead atoms. The number of nitro benzene ring substituents is 1. The van der Waals surface area contributed by atoms with Crippen LogP contribution in [0.4, 0.5) is 5.69 Å². The highest BCUT2D eigenvalue weighted by molar-refractivity contribution is 7.67. The van der Waals surface area contributed by atoms with Crippen LogP contribution < -0.4 is 5.30 Å². The molecule has 30 heavy (non-hydrogen) atoms. The lowest BCUT2D eigenvalue weighted by molar-refractivity contribution is -0.384. The standard InChI is InChI=1S/C23H30NO5P/c1-16(2)21-13-12-17(3)14-22(21)29-30(28,20-10-5-4-6-11-20)23(25)18-8-7-9-19(15-18)24(26)27/h4-11,15-17,21-23,25H,12-14H2,1-3H3/t17-,21+,22-,23?,30?/m1/s1. The molecular formula is C23H30NO5P. The Hall–Kier alpha value is -2.01. The Kier molecular flexibility index (Phi) is 7.12. The van der Waals surface area contributed by atoms with E-state index >= 15 is 0 Å². The van der Waals surface area contributed by atoms with Crippen molar-refractivity contribution in [2.75, 3.05) is 0 Å². The summed E-state index contributed by atoms with van der Waals surface area (Å²) < 4.78 is 20.7. The third kappa shape index (κ3) is 4.83. The molecule has 0 amide bonds. The molecule has 7 heteroatoms. The lowest BCUT2D eigenvalue weighted by Gasteiger charge is -2.39. The van der Waals surface area contributed by atoms with Gasteiger partial charge < -0.3 is 9.63 Å². The molecule has 0 aliphatic heterocycles. The first-order chi connectivity index (χ1) is 14.2. The van der Waals surface area contributed by atoms with Gasteiger partial charge in [-0.15, -0.1) is 0 Å². The molecular weight excluding hydrogens is 401 g/mol. The SMILES string of the molecule is CC(C)[C@@H]1CC[C@@H](C)C[C@H]1OP(=O)(c1ccccc1)C(O)c1cccc([N+](=O)[O-])c1. The maximum atomic E-state index is 14.3. The quantitative estimate of drug-likeness (QED) is 0.347. The first-order valence-corrected chi connectivity index (χ1v) is 12.2. The lowest BCUT2D eigenvalue weighted by atomic mass is 9.75. The van der Waals surface area contributed by atoms with Crippen LogP contribution in [0.25, 0.3) is 0 Å². The minimum Gasteiger partial charge on any atom is -0.378 e. The van der Waals surface area contributed by atoms with Crippen LogP contribution in [0.1, 0.15) is 51.4 Å². The van der Waals surface area contributed by atoms with Gasteiger partial charge in [0.15, 0.2) is 5.85 Å². The number of hydrogen-bond acceptors (Lipinski definition) is 5. The largest absolute Gasteiger partial charge is 0.378 e. The van der Waals surface area contributed by atoms with Crippen molar-refractivity contribution >= 4 is 18.4 Å². The van der Waals surface area contributed by atoms with Crippen molar-refractivity contribution < 1.29 is 19.1 Å². The van der Waals surface area contributed by atoms with Crippen molar-refractivity contribution in [3.8, 4) is 0 Å². The van der Waals surface area contributed by atoms with Gasteiger partial charge in [0.1, 0.15) is 0 Å². The zero-order valence-corrected chi connectivity index (χ0v) is 18.6. The molecule has 1 aliphatic carbocycles. The van der Waals surface area contributed by atoms with Gasteiger partial charge in [-0.3, -0.25) is 14.7 Å². The van der Waals surface area contributed by atoms with E-state index in [1.807, 2.05) is 6.07 Å². The smallest absolute Gasteiger partial charge is 0.269 e. The molecule has 6 nitrogen and oxygen atoms in total. The van der Waals surface area contributed by atoms with Crippen molar-refractivity contribution in [1.82, 2.24) is 0 Å². The molecule has 0 aromatic heterocycles. The van der Waals surface area contributed by atoms with Gasteiger partial charge >= 0.3 is 0 Å². The van der Waals surface area contributed by atoms with E-state index in [1.165, 1.54) is 18.2 Å². The summed E-state index contributed by atoms with van der Waals surface area (Å²) in [6.07, 6.45) is 2.63. The van der Waals surface area contributed by atoms with E-state index in [2.05, 4.69) is 20.8 Å². The number of non-ortho nitro benzene ring substituents is 1. The van der Waals surface area contributed by atoms with Crippen LogP contribution in [-0.2, 0) is 9.09 Å². The van der Waals surface area contributed by atoms with Crippen LogP contribution >= 0.6 is 7.37 Å². The first kappa shape index (κ1) is 22.7. The van der Waals surface area contributed by atoms with E-state index in [0.29, 0.717) is 17.1 Å². The monoisotopic (exact) mass is 431 g/mol. The number of benzene rings is 2. The summed E-state index contributed by atoms with van der Waals surface area (Å²) in [6, 6.07) is 14.4. The summed E-state index contributed by atoms with van der Waals surface area (Å²) in [5.41, 5.74) is 0.0684. The van der Waals surface area contributed by atoms with Gasteiger partial charge in [0, 0.05) is 17.4 Å². The third-order valence-corrected chi connectivity index (χ3v) is 8.61. The van der Waals surface area contributed by atoms with Gasteiger partial charge in [0.2, 0.25) is 0 Å². The van der Waals surface area contributed by atoms with Gasteiger partial charge in [-0.2, -0.15) is 0 Å². The molecule has 0 saturated heterocycles. The maximum Gasteiger partial charge on any atom is 0.269 e. The van der Waals surface area contributed by atoms with Crippen LogP contribution in [0.5, 0.6) is 0 Å². The average Bonchev–Trinajstić information content (AvgIpc) is 2.73. The van der Waals surface area contributed by atoms with Gasteiger partial charge in [-0.1, -0.05) is 57.5 Å². The second kappa shape index (κ2) is 9.42. The Morgan fingerprint density at radius 1 is 1.13 bits per heavy atom. The van der Waals surface area contributed by atoms with E-state index in [0.717, 1.165) is 19.3 Å². The van der Waals surface area contributed by atoms with Crippen LogP contribution in [-0.4, -0.2) is 16.1 Å². The topological polar surface area (TPSA) is 89.7 Å². The van der Waals surface area contributed by atoms with E-state index < -0.39 is 18.1 Å². The van der Waals surface area contributed by atoms with E-state index in [1.54, 1.807) is 30.3 Å². The Balaban J connectivity index is 2.02. The summed E-state index contributed by atoms with van der Waals surface area (Å²) in [7, 11) is -3.77. The number of aliphatic hydroxyl groups is 1. The molecule has 162 valence electrons. The molecule has 3 rings (SSSR count). The van der Waals surface area contributed by atoms with Gasteiger partial charge in [0.25, 0.3) is 13.1 Å². The molecule has 1 saturated carbocycles. The number of aliphatic hydroxyl groups excluding tert-OH is 1. The Morgan fingerprint density at radius 3 is 2.47 bits per heavy atom. The van der Waals surface area contributed by atoms with E-state index in [-0.39, 0.29) is 23.3 Å². The van der Waals surface area contributed by atoms with Crippen LogP contribution in [0.15, 0.2) is 54.6 Å². The highest BCUT2D eigenvalue weighted by atomic mass is 31.2. The fourth-order valence-corrected chi connectivity index (χ4v) is 6.63. The van der Waals surface area contributed by atoms with Gasteiger partial charge in [-0.05, 0) is 48.3 Å². The van der Waals surface area contributed by atoms with Crippen molar-refractivity contribution in [3.63, 3.8) is 0 Å². The highest BCUT2D eigenvalue weighted by Crippen LogP contribution is 2.60. The Morgan fingerprint density at radius 2 is 1.83 bits per heavy atom. The second-order valence-corrected chi connectivity index (χ2v) is 11.0. The summed E-state index contributed by atoms with van der Waals surface area (Å²) in [4.78, 5) is 10.7. The van der Waals surface area contributed by atoms with Crippen molar-refractivity contribution in [3.05, 3.63) is 70.3 Å². The molecule has 2 unspecified atom stereocenters. The molecule has 0 radical (unpaired) electrons. The van der Waals surface area contributed by atoms with Crippen LogP contribution in [0.2, 0.25) is 0 Å². The predicted molar refractivity (Wildman–Crippen MR) is 118 cm³/mol. The van der Waals surface area contributed by atoms with Crippen molar-refractivity contribution in [2.45, 2.75) is 52.0 Å². The minimum absolute atomic E-state index is 0.155. The lowest BCUT2D eigenvalue weighted by Crippen LogP contribution is -2.35. The van der Waals surface area contributed by atoms with E-state index in [4.69, 9.17) is 4.52 Å². The van der Waals surface area contributed by atoms with Gasteiger partial charge in [-0.25, -0.2) is 0 Å². The normalized spacial score (nSPS) is 24.9. The third-order valence-electron chi connectivity index (χ3n) is 6.07. The molecule has 0 heterocycles. The summed E-state index contributed by atoms with van der Waals surface area (Å²) in [5.74, 6) is -0.425. The fraction of sp³-hybridized carbons (Fsp3) is 0.478. The molecule has 5 atom stereocenters. The fourth-order valence-electron chi connectivity index (χ4n) is 4.33.